The van der Waals surface area contributed by atoms with E-state index in [0.717, 1.165) is 29.8 Å². The molecule has 0 aromatic carbocycles. The number of hydrogen-bond acceptors (Lipinski definition) is 11. The van der Waals surface area contributed by atoms with Crippen molar-refractivity contribution in [2.24, 2.45) is 0 Å². The van der Waals surface area contributed by atoms with Crippen LogP contribution in [0.5, 0.6) is 0 Å². The van der Waals surface area contributed by atoms with Gasteiger partial charge in [0.25, 0.3) is 5.56 Å². The van der Waals surface area contributed by atoms with E-state index in [9.17, 15) is 13.2 Å². The lowest BCUT2D eigenvalue weighted by atomic mass is 10.1. The van der Waals surface area contributed by atoms with Crippen molar-refractivity contribution in [1.29, 1.82) is 0 Å². The number of aryl methyl sites for hydroxylation is 1. The van der Waals surface area contributed by atoms with Crippen molar-refractivity contribution in [3.8, 4) is 11.4 Å². The molecule has 5 rings (SSSR count). The Bertz CT molecular complexity index is 1670. The Kier molecular flexibility index (Phi) is 6.86. The number of aromatic nitrogens is 8. The topological polar surface area (TPSA) is 158 Å². The molecular formula is C25H29N9O3S. The van der Waals surface area contributed by atoms with Crippen LogP contribution in [0.15, 0.2) is 34.6 Å². The summed E-state index contributed by atoms with van der Waals surface area (Å²) in [6.07, 6.45) is 8.59. The number of sulfone groups is 1. The molecule has 0 radical (unpaired) electrons. The molecule has 0 amide bonds. The fourth-order valence-electron chi connectivity index (χ4n) is 4.19. The van der Waals surface area contributed by atoms with Gasteiger partial charge in [-0.25, -0.2) is 43.3 Å². The van der Waals surface area contributed by atoms with Gasteiger partial charge in [-0.15, -0.1) is 0 Å². The number of rotatable bonds is 9. The summed E-state index contributed by atoms with van der Waals surface area (Å²) in [4.78, 5) is 44.7. The number of hydrogen-bond donors (Lipinski definition) is 1. The molecule has 4 heterocycles. The van der Waals surface area contributed by atoms with Gasteiger partial charge in [0.05, 0.1) is 35.4 Å². The predicted octanol–water partition coefficient (Wildman–Crippen LogP) is 3.00. The van der Waals surface area contributed by atoms with Crippen molar-refractivity contribution in [2.75, 3.05) is 11.1 Å². The summed E-state index contributed by atoms with van der Waals surface area (Å²) in [5.41, 5.74) is 3.12. The Hall–Kier alpha value is -3.87. The van der Waals surface area contributed by atoms with E-state index in [-0.39, 0.29) is 34.6 Å². The molecular weight excluding hydrogens is 506 g/mol. The van der Waals surface area contributed by atoms with E-state index < -0.39 is 9.84 Å². The van der Waals surface area contributed by atoms with Crippen molar-refractivity contribution >= 4 is 26.8 Å². The summed E-state index contributed by atoms with van der Waals surface area (Å²) >= 11 is 0. The second kappa shape index (κ2) is 10.1. The maximum Gasteiger partial charge on any atom is 0.295 e. The summed E-state index contributed by atoms with van der Waals surface area (Å²) < 4.78 is 25.6. The molecule has 0 saturated heterocycles. The number of nitrogens with zero attached hydrogens (tertiary/aromatic N) is 8. The van der Waals surface area contributed by atoms with E-state index in [1.165, 1.54) is 12.4 Å². The zero-order valence-electron chi connectivity index (χ0n) is 21.7. The highest BCUT2D eigenvalue weighted by Crippen LogP contribution is 2.43. The quantitative estimate of drug-likeness (QED) is 0.336. The van der Waals surface area contributed by atoms with E-state index in [1.54, 1.807) is 24.0 Å². The summed E-state index contributed by atoms with van der Waals surface area (Å²) in [5.74, 6) is 1.26. The molecule has 38 heavy (non-hydrogen) atoms. The van der Waals surface area contributed by atoms with Gasteiger partial charge < -0.3 is 5.32 Å². The number of anilines is 1. The highest BCUT2D eigenvalue weighted by atomic mass is 32.2. The molecule has 1 atom stereocenters. The molecule has 0 bridgehead atoms. The van der Waals surface area contributed by atoms with Crippen LogP contribution in [0.25, 0.3) is 22.6 Å². The zero-order valence-corrected chi connectivity index (χ0v) is 22.5. The van der Waals surface area contributed by atoms with Crippen LogP contribution in [0.2, 0.25) is 0 Å². The molecule has 13 heteroatoms. The highest BCUT2D eigenvalue weighted by molar-refractivity contribution is 7.91. The van der Waals surface area contributed by atoms with Crippen LogP contribution < -0.4 is 10.9 Å². The van der Waals surface area contributed by atoms with Gasteiger partial charge in [-0.1, -0.05) is 13.8 Å². The Morgan fingerprint density at radius 3 is 2.45 bits per heavy atom. The first-order chi connectivity index (χ1) is 18.2. The zero-order chi connectivity index (χ0) is 27.0. The lowest BCUT2D eigenvalue weighted by molar-refractivity contribution is 0.526. The van der Waals surface area contributed by atoms with Crippen molar-refractivity contribution in [3.63, 3.8) is 0 Å². The van der Waals surface area contributed by atoms with Crippen molar-refractivity contribution in [1.82, 2.24) is 39.5 Å². The maximum atomic E-state index is 13.6. The van der Waals surface area contributed by atoms with Crippen molar-refractivity contribution in [3.05, 3.63) is 52.5 Å². The van der Waals surface area contributed by atoms with Crippen molar-refractivity contribution < 1.29 is 8.42 Å². The Labute approximate surface area is 220 Å². The molecule has 1 aliphatic carbocycles. The van der Waals surface area contributed by atoms with Crippen LogP contribution in [0.4, 0.5) is 5.82 Å². The smallest absolute Gasteiger partial charge is 0.295 e. The first-order valence-corrected chi connectivity index (χ1v) is 14.3. The van der Waals surface area contributed by atoms with Crippen LogP contribution in [0.3, 0.4) is 0 Å². The van der Waals surface area contributed by atoms with Crippen LogP contribution >= 0.6 is 0 Å². The SMILES string of the molecule is CC[C@H](C)n1c(=O)c(NCc2ncc(S(=O)(=O)CC)cn2)nc2cnc(-c3c(C)ncnc3C3CC3)nc21. The van der Waals surface area contributed by atoms with E-state index >= 15 is 0 Å². The normalized spacial score (nSPS) is 14.5. The third-order valence-electron chi connectivity index (χ3n) is 6.75. The van der Waals surface area contributed by atoms with Gasteiger partial charge in [0, 0.05) is 24.4 Å². The van der Waals surface area contributed by atoms with E-state index in [0.29, 0.717) is 35.2 Å². The molecule has 1 aliphatic rings. The van der Waals surface area contributed by atoms with E-state index in [4.69, 9.17) is 4.98 Å². The average molecular weight is 536 g/mol. The second-order valence-corrected chi connectivity index (χ2v) is 11.7. The Balaban J connectivity index is 1.53. The third kappa shape index (κ3) is 4.85. The molecule has 1 saturated carbocycles. The third-order valence-corrected chi connectivity index (χ3v) is 8.44. The molecule has 1 N–H and O–H groups in total. The fraction of sp³-hybridized carbons (Fsp3) is 0.440. The molecule has 0 unspecified atom stereocenters. The molecule has 4 aromatic heterocycles. The molecule has 1 fully saturated rings. The standard InChI is InChI=1S/C25H29N9O3S/c1-5-14(3)34-24-18(11-28-22(33-24)20-15(4)30-13-31-21(20)16-7-8-16)32-23(25(34)35)29-12-19-26-9-17(10-27-19)38(36,37)6-2/h9-11,13-14,16H,5-8,12H2,1-4H3,(H,29,32)/t14-/m0/s1. The van der Waals surface area contributed by atoms with Crippen LogP contribution in [0.1, 0.15) is 69.2 Å². The minimum Gasteiger partial charge on any atom is -0.358 e. The summed E-state index contributed by atoms with van der Waals surface area (Å²) in [7, 11) is -3.39. The van der Waals surface area contributed by atoms with Gasteiger partial charge in [-0.05, 0) is 33.1 Å². The van der Waals surface area contributed by atoms with Gasteiger partial charge in [0.2, 0.25) is 0 Å². The first kappa shape index (κ1) is 25.8. The van der Waals surface area contributed by atoms with Crippen LogP contribution in [0, 0.1) is 6.92 Å². The highest BCUT2D eigenvalue weighted by Gasteiger charge is 2.30. The monoisotopic (exact) mass is 535 g/mol. The predicted molar refractivity (Wildman–Crippen MR) is 141 cm³/mol. The molecule has 0 spiro atoms. The fourth-order valence-corrected chi connectivity index (χ4v) is 4.95. The van der Waals surface area contributed by atoms with Gasteiger partial charge in [-0.3, -0.25) is 9.36 Å². The van der Waals surface area contributed by atoms with Gasteiger partial charge in [0.15, 0.2) is 27.1 Å². The summed E-state index contributed by atoms with van der Waals surface area (Å²) in [5, 5.41) is 3.01. The second-order valence-electron chi connectivity index (χ2n) is 9.38. The van der Waals surface area contributed by atoms with Crippen LogP contribution in [-0.4, -0.2) is 53.6 Å². The van der Waals surface area contributed by atoms with Gasteiger partial charge in [-0.2, -0.15) is 0 Å². The maximum absolute atomic E-state index is 13.6. The molecule has 198 valence electrons. The van der Waals surface area contributed by atoms with E-state index in [2.05, 4.69) is 35.2 Å². The number of nitrogens with one attached hydrogen (secondary N) is 1. The largest absolute Gasteiger partial charge is 0.358 e. The first-order valence-electron chi connectivity index (χ1n) is 12.6. The lowest BCUT2D eigenvalue weighted by Crippen LogP contribution is -2.28. The minimum absolute atomic E-state index is 0.0351. The van der Waals surface area contributed by atoms with Crippen LogP contribution in [-0.2, 0) is 16.4 Å². The average Bonchev–Trinajstić information content (AvgIpc) is 3.77. The van der Waals surface area contributed by atoms with Gasteiger partial charge in [0.1, 0.15) is 22.6 Å². The minimum atomic E-state index is -3.39. The Morgan fingerprint density at radius 2 is 1.79 bits per heavy atom. The number of fused-ring (bicyclic) bond motifs is 1. The van der Waals surface area contributed by atoms with Crippen molar-refractivity contribution in [2.45, 2.75) is 70.4 Å². The summed E-state index contributed by atoms with van der Waals surface area (Å²) in [6, 6.07) is -0.151. The van der Waals surface area contributed by atoms with Gasteiger partial charge >= 0.3 is 0 Å². The Morgan fingerprint density at radius 1 is 1.05 bits per heavy atom. The molecule has 12 nitrogen and oxygen atoms in total. The lowest BCUT2D eigenvalue weighted by Gasteiger charge is -2.18. The molecule has 0 aliphatic heterocycles. The van der Waals surface area contributed by atoms with E-state index in [1.807, 2.05) is 20.8 Å². The molecule has 4 aromatic rings. The summed E-state index contributed by atoms with van der Waals surface area (Å²) in [6.45, 7) is 7.51.